The fourth-order valence-corrected chi connectivity index (χ4v) is 3.64. The van der Waals surface area contributed by atoms with Crippen LogP contribution in [0.1, 0.15) is 51.4 Å². The van der Waals surface area contributed by atoms with Crippen molar-refractivity contribution in [3.05, 3.63) is 0 Å². The summed E-state index contributed by atoms with van der Waals surface area (Å²) in [7, 11) is 0. The Hall–Kier alpha value is -0.510. The second-order valence-corrected chi connectivity index (χ2v) is 6.22. The van der Waals surface area contributed by atoms with Gasteiger partial charge in [-0.05, 0) is 18.8 Å². The van der Waals surface area contributed by atoms with E-state index in [2.05, 4.69) is 5.32 Å². The first-order valence-corrected chi connectivity index (χ1v) is 7.70. The monoisotopic (exact) mass is 255 g/mol. The summed E-state index contributed by atoms with van der Waals surface area (Å²) in [5, 5.41) is 2.99. The van der Waals surface area contributed by atoms with Crippen LogP contribution in [0.2, 0.25) is 0 Å². The van der Waals surface area contributed by atoms with Crippen molar-refractivity contribution in [2.24, 2.45) is 5.92 Å². The lowest BCUT2D eigenvalue weighted by molar-refractivity contribution is -0.124. The summed E-state index contributed by atoms with van der Waals surface area (Å²) < 4.78 is 0. The Kier molecular flexibility index (Phi) is 4.89. The molecule has 1 saturated heterocycles. The van der Waals surface area contributed by atoms with Crippen molar-refractivity contribution >= 4 is 22.8 Å². The van der Waals surface area contributed by atoms with Crippen molar-refractivity contribution in [1.82, 2.24) is 5.32 Å². The minimum Gasteiger partial charge on any atom is -0.345 e. The van der Waals surface area contributed by atoms with Gasteiger partial charge in [0, 0.05) is 12.2 Å². The number of amides is 1. The number of carbonyl (C=O) groups is 2. The molecule has 2 aliphatic rings. The Balaban J connectivity index is 1.64. The lowest BCUT2D eigenvalue weighted by Crippen LogP contribution is -2.37. The van der Waals surface area contributed by atoms with E-state index < -0.39 is 0 Å². The maximum absolute atomic E-state index is 11.7. The molecule has 0 radical (unpaired) electrons. The lowest BCUT2D eigenvalue weighted by atomic mass is 9.86. The third-order valence-electron chi connectivity index (χ3n) is 3.77. The molecule has 1 aliphatic carbocycles. The van der Waals surface area contributed by atoms with Gasteiger partial charge in [-0.25, -0.2) is 0 Å². The third-order valence-corrected chi connectivity index (χ3v) is 4.78. The zero-order chi connectivity index (χ0) is 12.1. The summed E-state index contributed by atoms with van der Waals surface area (Å²) in [6.45, 7) is 0. The molecule has 2 fully saturated rings. The van der Waals surface area contributed by atoms with Crippen LogP contribution in [-0.4, -0.2) is 22.8 Å². The SMILES string of the molecule is O=C(CCC1CCCCC1)NC1CCSC1=O. The molecule has 0 aromatic carbocycles. The van der Waals surface area contributed by atoms with E-state index in [0.29, 0.717) is 6.42 Å². The molecule has 1 saturated carbocycles. The predicted octanol–water partition coefficient (Wildman–Crippen LogP) is 2.50. The quantitative estimate of drug-likeness (QED) is 0.839. The molecule has 1 N–H and O–H groups in total. The molecule has 3 nitrogen and oxygen atoms in total. The van der Waals surface area contributed by atoms with Gasteiger partial charge >= 0.3 is 0 Å². The molecule has 0 spiro atoms. The zero-order valence-corrected chi connectivity index (χ0v) is 11.1. The highest BCUT2D eigenvalue weighted by atomic mass is 32.2. The van der Waals surface area contributed by atoms with Gasteiger partial charge in [0.1, 0.15) is 0 Å². The van der Waals surface area contributed by atoms with Crippen LogP contribution in [0, 0.1) is 5.92 Å². The Morgan fingerprint density at radius 2 is 2.00 bits per heavy atom. The average Bonchev–Trinajstić information content (AvgIpc) is 2.74. The normalized spacial score (nSPS) is 26.1. The van der Waals surface area contributed by atoms with Gasteiger partial charge in [-0.15, -0.1) is 0 Å². The molecule has 17 heavy (non-hydrogen) atoms. The molecule has 1 heterocycles. The van der Waals surface area contributed by atoms with Gasteiger partial charge in [0.25, 0.3) is 0 Å². The largest absolute Gasteiger partial charge is 0.345 e. The molecular weight excluding hydrogens is 234 g/mol. The van der Waals surface area contributed by atoms with Gasteiger partial charge in [-0.3, -0.25) is 9.59 Å². The van der Waals surface area contributed by atoms with E-state index in [1.54, 1.807) is 0 Å². The van der Waals surface area contributed by atoms with E-state index in [-0.39, 0.29) is 17.1 Å². The average molecular weight is 255 g/mol. The van der Waals surface area contributed by atoms with E-state index in [1.165, 1.54) is 43.9 Å². The van der Waals surface area contributed by atoms with E-state index in [1.807, 2.05) is 0 Å². The Labute approximate surface area is 107 Å². The summed E-state index contributed by atoms with van der Waals surface area (Å²) in [6.07, 6.45) is 8.97. The topological polar surface area (TPSA) is 46.2 Å². The first-order chi connectivity index (χ1) is 8.25. The molecule has 1 aliphatic heterocycles. The smallest absolute Gasteiger partial charge is 0.220 e. The molecule has 2 rings (SSSR count). The number of thioether (sulfide) groups is 1. The van der Waals surface area contributed by atoms with Crippen molar-refractivity contribution in [2.45, 2.75) is 57.4 Å². The zero-order valence-electron chi connectivity index (χ0n) is 10.2. The van der Waals surface area contributed by atoms with Crippen LogP contribution in [0.25, 0.3) is 0 Å². The maximum Gasteiger partial charge on any atom is 0.220 e. The summed E-state index contributed by atoms with van der Waals surface area (Å²) in [5.74, 6) is 1.66. The van der Waals surface area contributed by atoms with Crippen LogP contribution in [0.4, 0.5) is 0 Å². The fraction of sp³-hybridized carbons (Fsp3) is 0.846. The third kappa shape index (κ3) is 4.02. The highest BCUT2D eigenvalue weighted by molar-refractivity contribution is 8.14. The number of nitrogens with one attached hydrogen (secondary N) is 1. The fourth-order valence-electron chi connectivity index (χ4n) is 2.70. The number of rotatable bonds is 4. The number of hydrogen-bond acceptors (Lipinski definition) is 3. The number of hydrogen-bond donors (Lipinski definition) is 1. The van der Waals surface area contributed by atoms with Crippen LogP contribution in [0.5, 0.6) is 0 Å². The summed E-state index contributed by atoms with van der Waals surface area (Å²) in [5.41, 5.74) is 0. The van der Waals surface area contributed by atoms with Crippen molar-refractivity contribution in [1.29, 1.82) is 0 Å². The van der Waals surface area contributed by atoms with E-state index >= 15 is 0 Å². The molecule has 4 heteroatoms. The van der Waals surface area contributed by atoms with Gasteiger partial charge < -0.3 is 5.32 Å². The van der Waals surface area contributed by atoms with Gasteiger partial charge in [-0.1, -0.05) is 43.9 Å². The first-order valence-electron chi connectivity index (χ1n) is 6.71. The van der Waals surface area contributed by atoms with E-state index in [4.69, 9.17) is 0 Å². The van der Waals surface area contributed by atoms with Crippen LogP contribution < -0.4 is 5.32 Å². The lowest BCUT2D eigenvalue weighted by Gasteiger charge is -2.21. The molecule has 0 aromatic rings. The van der Waals surface area contributed by atoms with Crippen LogP contribution in [0.3, 0.4) is 0 Å². The van der Waals surface area contributed by atoms with Gasteiger partial charge in [0.05, 0.1) is 6.04 Å². The second-order valence-electron chi connectivity index (χ2n) is 5.12. The summed E-state index contributed by atoms with van der Waals surface area (Å²) in [6, 6.07) is -0.209. The highest BCUT2D eigenvalue weighted by Crippen LogP contribution is 2.27. The van der Waals surface area contributed by atoms with E-state index in [0.717, 1.165) is 24.5 Å². The van der Waals surface area contributed by atoms with Crippen molar-refractivity contribution < 1.29 is 9.59 Å². The van der Waals surface area contributed by atoms with E-state index in [9.17, 15) is 9.59 Å². The molecule has 1 unspecified atom stereocenters. The van der Waals surface area contributed by atoms with Crippen molar-refractivity contribution in [3.8, 4) is 0 Å². The molecule has 0 aromatic heterocycles. The standard InChI is InChI=1S/C13H21NO2S/c15-12(14-11-8-9-17-13(11)16)7-6-10-4-2-1-3-5-10/h10-11H,1-9H2,(H,14,15). The second kappa shape index (κ2) is 6.43. The minimum atomic E-state index is -0.209. The van der Waals surface area contributed by atoms with Gasteiger partial charge in [0.2, 0.25) is 11.0 Å². The summed E-state index contributed by atoms with van der Waals surface area (Å²) >= 11 is 1.34. The predicted molar refractivity (Wildman–Crippen MR) is 69.8 cm³/mol. The van der Waals surface area contributed by atoms with Gasteiger partial charge in [0.15, 0.2) is 0 Å². The molecular formula is C13H21NO2S. The van der Waals surface area contributed by atoms with Gasteiger partial charge in [-0.2, -0.15) is 0 Å². The molecule has 0 bridgehead atoms. The minimum absolute atomic E-state index is 0.0661. The number of carbonyl (C=O) groups excluding carboxylic acids is 2. The Bertz CT molecular complexity index is 287. The van der Waals surface area contributed by atoms with Crippen LogP contribution in [0.15, 0.2) is 0 Å². The summed E-state index contributed by atoms with van der Waals surface area (Å²) in [4.78, 5) is 23.1. The Morgan fingerprint density at radius 1 is 1.24 bits per heavy atom. The first kappa shape index (κ1) is 12.9. The maximum atomic E-state index is 11.7. The highest BCUT2D eigenvalue weighted by Gasteiger charge is 2.26. The van der Waals surface area contributed by atoms with Crippen molar-refractivity contribution in [3.63, 3.8) is 0 Å². The molecule has 1 amide bonds. The molecule has 96 valence electrons. The van der Waals surface area contributed by atoms with Crippen LogP contribution in [-0.2, 0) is 9.59 Å². The molecule has 1 atom stereocenters. The van der Waals surface area contributed by atoms with Crippen molar-refractivity contribution in [2.75, 3.05) is 5.75 Å². The van der Waals surface area contributed by atoms with Crippen LogP contribution >= 0.6 is 11.8 Å². The Morgan fingerprint density at radius 3 is 2.65 bits per heavy atom.